The zero-order valence-electron chi connectivity index (χ0n) is 20.4. The third-order valence-electron chi connectivity index (χ3n) is 8.73. The molecule has 4 aliphatic rings. The molecule has 182 valence electrons. The smallest absolute Gasteiger partial charge is 0.245 e. The number of likely N-dealkylation sites (tertiary alicyclic amines) is 2. The van der Waals surface area contributed by atoms with E-state index in [1.54, 1.807) is 25.2 Å². The fourth-order valence-electron chi connectivity index (χ4n) is 7.02. The molecular weight excluding hydrogens is 439 g/mol. The lowest BCUT2D eigenvalue weighted by atomic mass is 9.59. The number of hydrogen-bond acceptors (Lipinski definition) is 2. The molecule has 1 saturated carbocycles. The largest absolute Gasteiger partial charge is 0.340 e. The van der Waals surface area contributed by atoms with E-state index >= 15 is 4.39 Å². The first-order valence-electron chi connectivity index (χ1n) is 12.3. The number of rotatable bonds is 3. The topological polar surface area (TPSA) is 40.6 Å². The predicted octanol–water partition coefficient (Wildman–Crippen LogP) is 5.49. The molecular formula is C27H38ClFN2O2. The van der Waals surface area contributed by atoms with Gasteiger partial charge >= 0.3 is 0 Å². The van der Waals surface area contributed by atoms with Crippen molar-refractivity contribution in [2.75, 3.05) is 19.6 Å². The summed E-state index contributed by atoms with van der Waals surface area (Å²) in [5.41, 5.74) is -1.39. The summed E-state index contributed by atoms with van der Waals surface area (Å²) in [6.07, 6.45) is 10.8. The molecule has 4 rings (SSSR count). The number of alkyl halides is 1. The second-order valence-corrected chi connectivity index (χ2v) is 12.4. The van der Waals surface area contributed by atoms with Crippen molar-refractivity contribution in [2.45, 2.75) is 71.5 Å². The normalized spacial score (nSPS) is 37.3. The first-order chi connectivity index (χ1) is 15.4. The Morgan fingerprint density at radius 1 is 1.21 bits per heavy atom. The van der Waals surface area contributed by atoms with Crippen LogP contribution < -0.4 is 0 Å². The number of carbonyl (C=O) groups is 2. The van der Waals surface area contributed by atoms with E-state index in [0.29, 0.717) is 11.6 Å². The van der Waals surface area contributed by atoms with Gasteiger partial charge in [0.15, 0.2) is 0 Å². The van der Waals surface area contributed by atoms with E-state index < -0.39 is 11.6 Å². The van der Waals surface area contributed by atoms with E-state index in [2.05, 4.69) is 27.4 Å². The Hall–Kier alpha value is -1.62. The Morgan fingerprint density at radius 2 is 1.91 bits per heavy atom. The summed E-state index contributed by atoms with van der Waals surface area (Å²) >= 11 is 6.60. The zero-order chi connectivity index (χ0) is 24.2. The lowest BCUT2D eigenvalue weighted by Gasteiger charge is -2.56. The monoisotopic (exact) mass is 476 g/mol. The van der Waals surface area contributed by atoms with Crippen LogP contribution in [0.2, 0.25) is 0 Å². The summed E-state index contributed by atoms with van der Waals surface area (Å²) < 4.78 is 15.7. The van der Waals surface area contributed by atoms with Gasteiger partial charge in [0.05, 0.1) is 0 Å². The molecule has 0 radical (unpaired) electrons. The summed E-state index contributed by atoms with van der Waals surface area (Å²) in [5, 5.41) is 0.523. The summed E-state index contributed by atoms with van der Waals surface area (Å²) in [7, 11) is 0. The van der Waals surface area contributed by atoms with Gasteiger partial charge in [-0.2, -0.15) is 0 Å². The van der Waals surface area contributed by atoms with Gasteiger partial charge in [-0.3, -0.25) is 9.59 Å². The van der Waals surface area contributed by atoms with E-state index in [0.717, 1.165) is 45.2 Å². The van der Waals surface area contributed by atoms with E-state index in [4.69, 9.17) is 11.6 Å². The molecule has 2 saturated heterocycles. The quantitative estimate of drug-likeness (QED) is 0.505. The van der Waals surface area contributed by atoms with Crippen molar-refractivity contribution in [3.63, 3.8) is 0 Å². The molecule has 0 N–H and O–H groups in total. The van der Waals surface area contributed by atoms with Gasteiger partial charge < -0.3 is 9.80 Å². The van der Waals surface area contributed by atoms with Crippen LogP contribution in [0.25, 0.3) is 0 Å². The Morgan fingerprint density at radius 3 is 2.52 bits per heavy atom. The van der Waals surface area contributed by atoms with Crippen LogP contribution in [0.1, 0.15) is 59.8 Å². The van der Waals surface area contributed by atoms with Gasteiger partial charge in [0.2, 0.25) is 11.8 Å². The Labute approximate surface area is 202 Å². The highest BCUT2D eigenvalue weighted by Gasteiger charge is 2.53. The molecule has 5 atom stereocenters. The van der Waals surface area contributed by atoms with Crippen molar-refractivity contribution >= 4 is 23.4 Å². The summed E-state index contributed by atoms with van der Waals surface area (Å²) in [5.74, 6) is -0.693. The van der Waals surface area contributed by atoms with Crippen molar-refractivity contribution in [1.29, 1.82) is 0 Å². The molecule has 2 amide bonds. The molecule has 0 aromatic carbocycles. The van der Waals surface area contributed by atoms with E-state index in [9.17, 15) is 9.59 Å². The highest BCUT2D eigenvalue weighted by atomic mass is 35.5. The molecule has 0 bridgehead atoms. The molecule has 0 aromatic heterocycles. The summed E-state index contributed by atoms with van der Waals surface area (Å²) in [6, 6.07) is 0.108. The zero-order valence-corrected chi connectivity index (χ0v) is 21.2. The van der Waals surface area contributed by atoms with Gasteiger partial charge in [0.1, 0.15) is 5.67 Å². The summed E-state index contributed by atoms with van der Waals surface area (Å²) in [6.45, 7) is 13.9. The fraction of sp³-hybridized carbons (Fsp3) is 0.704. The number of hydrogen-bond donors (Lipinski definition) is 0. The van der Waals surface area contributed by atoms with Crippen LogP contribution in [0, 0.1) is 28.6 Å². The van der Waals surface area contributed by atoms with E-state index in [-0.39, 0.29) is 40.5 Å². The number of halogens is 2. The first-order valence-corrected chi connectivity index (χ1v) is 12.7. The molecule has 1 spiro atoms. The average Bonchev–Trinajstić information content (AvgIpc) is 2.69. The molecule has 2 aliphatic heterocycles. The average molecular weight is 477 g/mol. The van der Waals surface area contributed by atoms with Crippen molar-refractivity contribution in [2.24, 2.45) is 28.6 Å². The maximum Gasteiger partial charge on any atom is 0.245 e. The van der Waals surface area contributed by atoms with Gasteiger partial charge in [-0.1, -0.05) is 38.1 Å². The van der Waals surface area contributed by atoms with Crippen molar-refractivity contribution in [3.8, 4) is 0 Å². The van der Waals surface area contributed by atoms with Gasteiger partial charge in [-0.25, -0.2) is 4.39 Å². The maximum absolute atomic E-state index is 15.7. The molecule has 4 nitrogen and oxygen atoms in total. The molecule has 6 heteroatoms. The van der Waals surface area contributed by atoms with Crippen LogP contribution in [0.4, 0.5) is 4.39 Å². The van der Waals surface area contributed by atoms with Crippen molar-refractivity contribution in [3.05, 3.63) is 35.9 Å². The third kappa shape index (κ3) is 4.54. The molecule has 2 unspecified atom stereocenters. The number of nitrogens with zero attached hydrogens (tertiary/aromatic N) is 2. The Kier molecular flexibility index (Phi) is 6.35. The molecule has 33 heavy (non-hydrogen) atoms. The predicted molar refractivity (Wildman–Crippen MR) is 130 cm³/mol. The number of carbonyl (C=O) groups excluding carboxylic acids is 2. The molecule has 2 aliphatic carbocycles. The maximum atomic E-state index is 15.7. The highest BCUT2D eigenvalue weighted by Crippen LogP contribution is 2.53. The lowest BCUT2D eigenvalue weighted by Crippen LogP contribution is -2.64. The number of amides is 2. The van der Waals surface area contributed by atoms with Crippen LogP contribution >= 0.6 is 11.6 Å². The van der Waals surface area contributed by atoms with Crippen molar-refractivity contribution < 1.29 is 14.0 Å². The Bertz CT molecular complexity index is 887. The second-order valence-electron chi connectivity index (χ2n) is 12.0. The summed E-state index contributed by atoms with van der Waals surface area (Å²) in [4.78, 5) is 29.7. The fourth-order valence-corrected chi connectivity index (χ4v) is 7.47. The minimum absolute atomic E-state index is 0.0137. The van der Waals surface area contributed by atoms with Gasteiger partial charge in [0, 0.05) is 48.0 Å². The Balaban J connectivity index is 1.51. The third-order valence-corrected chi connectivity index (χ3v) is 9.09. The highest BCUT2D eigenvalue weighted by molar-refractivity contribution is 6.30. The number of allylic oxidation sites excluding steroid dienone is 4. The standard InChI is InChI=1S/C27H38ClFN2O2/c1-6-22(32)30-16-27(17-30)12-13-31(18(2)14-27)24(33)19-9-11-25(3,4)15-20(19)23-21(28)8-7-10-26(23,5)29/h6-8,10,18-20,23H,1,9,11-17H2,2-5H3/t18-,19-,20-,23?,26?/m0/s1. The SMILES string of the molecule is C=CC(=O)N1CC2(CCN(C(=O)[C@H]3CCC(C)(C)C[C@@H]3C3C(Cl)=CC=CC3(C)F)[C@@H](C)C2)C1. The van der Waals surface area contributed by atoms with Gasteiger partial charge in [-0.05, 0) is 75.5 Å². The van der Waals surface area contributed by atoms with Crippen LogP contribution in [0.15, 0.2) is 35.9 Å². The van der Waals surface area contributed by atoms with Crippen molar-refractivity contribution in [1.82, 2.24) is 9.80 Å². The second kappa shape index (κ2) is 8.55. The van der Waals surface area contributed by atoms with Crippen LogP contribution in [-0.4, -0.2) is 53.0 Å². The van der Waals surface area contributed by atoms with Gasteiger partial charge in [0.25, 0.3) is 0 Å². The van der Waals surface area contributed by atoms with Crippen LogP contribution in [0.5, 0.6) is 0 Å². The molecule has 3 fully saturated rings. The minimum Gasteiger partial charge on any atom is -0.340 e. The molecule has 2 heterocycles. The lowest BCUT2D eigenvalue weighted by molar-refractivity contribution is -0.155. The molecule has 0 aromatic rings. The van der Waals surface area contributed by atoms with Crippen LogP contribution in [-0.2, 0) is 9.59 Å². The minimum atomic E-state index is -1.56. The van der Waals surface area contributed by atoms with Crippen LogP contribution in [0.3, 0.4) is 0 Å². The van der Waals surface area contributed by atoms with E-state index in [1.165, 1.54) is 6.08 Å². The van der Waals surface area contributed by atoms with Gasteiger partial charge in [-0.15, -0.1) is 0 Å². The first kappa shape index (κ1) is 24.5. The van der Waals surface area contributed by atoms with E-state index in [1.807, 2.05) is 9.80 Å². The number of piperidine rings is 1.